The van der Waals surface area contributed by atoms with E-state index in [-0.39, 0.29) is 24.7 Å². The molecule has 1 aromatic heterocycles. The Kier molecular flexibility index (Phi) is 5.00. The summed E-state index contributed by atoms with van der Waals surface area (Å²) in [4.78, 5) is 2.86. The van der Waals surface area contributed by atoms with Crippen molar-refractivity contribution in [2.24, 2.45) is 0 Å². The summed E-state index contributed by atoms with van der Waals surface area (Å²) >= 11 is 0. The van der Waals surface area contributed by atoms with Gasteiger partial charge in [-0.15, -0.1) is 0 Å². The van der Waals surface area contributed by atoms with Crippen molar-refractivity contribution in [2.75, 3.05) is 19.8 Å². The number of benzene rings is 1. The molecule has 1 saturated heterocycles. The van der Waals surface area contributed by atoms with Gasteiger partial charge < -0.3 is 4.74 Å². The maximum Gasteiger partial charge on any atom is 0.433 e. The number of morpholine rings is 1. The summed E-state index contributed by atoms with van der Waals surface area (Å²) in [6, 6.07) is 6.09. The number of aromatic nitrogens is 1. The molecule has 0 N–H and O–H groups in total. The number of rotatable bonds is 3. The molecule has 2 heterocycles. The molecule has 1 aliphatic rings. The van der Waals surface area contributed by atoms with Crippen LogP contribution < -0.4 is 0 Å². The summed E-state index contributed by atoms with van der Waals surface area (Å²) < 4.78 is 83.2. The molecular weight excluding hydrogens is 376 g/mol. The molecule has 0 spiro atoms. The van der Waals surface area contributed by atoms with Gasteiger partial charge >= 0.3 is 6.18 Å². The highest BCUT2D eigenvalue weighted by molar-refractivity contribution is 7.89. The van der Waals surface area contributed by atoms with Gasteiger partial charge in [0.25, 0.3) is 0 Å². The van der Waals surface area contributed by atoms with E-state index in [0.29, 0.717) is 17.8 Å². The molecule has 0 saturated carbocycles. The predicted octanol–water partition coefficient (Wildman–Crippen LogP) is 3.00. The van der Waals surface area contributed by atoms with Crippen molar-refractivity contribution in [3.8, 4) is 0 Å². The summed E-state index contributed by atoms with van der Waals surface area (Å²) in [5.74, 6) is -0.466. The molecule has 1 aliphatic heterocycles. The molecule has 1 fully saturated rings. The Balaban J connectivity index is 1.94. The zero-order valence-corrected chi connectivity index (χ0v) is 14.1. The second-order valence-corrected chi connectivity index (χ2v) is 7.53. The van der Waals surface area contributed by atoms with E-state index in [1.807, 2.05) is 0 Å². The number of ether oxygens (including phenoxy) is 1. The van der Waals surface area contributed by atoms with Gasteiger partial charge in [-0.3, -0.25) is 4.98 Å². The molecule has 5 nitrogen and oxygen atoms in total. The summed E-state index contributed by atoms with van der Waals surface area (Å²) in [5.41, 5.74) is -0.650. The molecule has 10 heteroatoms. The summed E-state index contributed by atoms with van der Waals surface area (Å²) in [6.45, 7) is 0.218. The fourth-order valence-electron chi connectivity index (χ4n) is 2.66. The van der Waals surface area contributed by atoms with E-state index in [1.54, 1.807) is 0 Å². The van der Waals surface area contributed by atoms with Gasteiger partial charge in [-0.1, -0.05) is 12.1 Å². The highest BCUT2D eigenvalue weighted by Gasteiger charge is 2.37. The highest BCUT2D eigenvalue weighted by Crippen LogP contribution is 2.32. The minimum atomic E-state index is -4.65. The van der Waals surface area contributed by atoms with Gasteiger partial charge in [0.05, 0.1) is 19.3 Å². The van der Waals surface area contributed by atoms with Gasteiger partial charge in [0.1, 0.15) is 16.4 Å². The minimum absolute atomic E-state index is 0.0192. The third-order valence-electron chi connectivity index (χ3n) is 3.97. The van der Waals surface area contributed by atoms with Crippen molar-refractivity contribution < 1.29 is 30.7 Å². The van der Waals surface area contributed by atoms with Gasteiger partial charge in [0.15, 0.2) is 0 Å². The third kappa shape index (κ3) is 3.71. The average Bonchev–Trinajstić information content (AvgIpc) is 2.62. The average molecular weight is 390 g/mol. The lowest BCUT2D eigenvalue weighted by molar-refractivity contribution is -0.141. The first-order valence-corrected chi connectivity index (χ1v) is 9.02. The van der Waals surface area contributed by atoms with E-state index in [9.17, 15) is 26.0 Å². The van der Waals surface area contributed by atoms with E-state index in [0.717, 1.165) is 10.4 Å². The number of hydrogen-bond donors (Lipinski definition) is 0. The van der Waals surface area contributed by atoms with Crippen LogP contribution in [0.1, 0.15) is 17.3 Å². The molecule has 1 atom stereocenters. The topological polar surface area (TPSA) is 59.5 Å². The monoisotopic (exact) mass is 390 g/mol. The molecule has 0 amide bonds. The van der Waals surface area contributed by atoms with Crippen molar-refractivity contribution in [3.63, 3.8) is 0 Å². The number of alkyl halides is 3. The molecule has 1 aromatic carbocycles. The van der Waals surface area contributed by atoms with E-state index in [2.05, 4.69) is 4.98 Å². The van der Waals surface area contributed by atoms with Crippen molar-refractivity contribution in [1.82, 2.24) is 9.29 Å². The van der Waals surface area contributed by atoms with Crippen LogP contribution in [0.4, 0.5) is 17.6 Å². The Morgan fingerprint density at radius 1 is 1.12 bits per heavy atom. The zero-order chi connectivity index (χ0) is 18.9. The van der Waals surface area contributed by atoms with Gasteiger partial charge in [-0.05, 0) is 29.8 Å². The van der Waals surface area contributed by atoms with Gasteiger partial charge in [0, 0.05) is 12.7 Å². The first-order valence-electron chi connectivity index (χ1n) is 7.58. The van der Waals surface area contributed by atoms with E-state index >= 15 is 0 Å². The van der Waals surface area contributed by atoms with Crippen molar-refractivity contribution in [1.29, 1.82) is 0 Å². The van der Waals surface area contributed by atoms with Crippen molar-refractivity contribution in [3.05, 3.63) is 59.7 Å². The summed E-state index contributed by atoms with van der Waals surface area (Å²) in [5, 5.41) is 0. The highest BCUT2D eigenvalue weighted by atomic mass is 32.2. The van der Waals surface area contributed by atoms with Crippen molar-refractivity contribution >= 4 is 10.0 Å². The van der Waals surface area contributed by atoms with Crippen LogP contribution in [-0.4, -0.2) is 37.5 Å². The molecule has 140 valence electrons. The molecule has 26 heavy (non-hydrogen) atoms. The van der Waals surface area contributed by atoms with Crippen LogP contribution in [0.25, 0.3) is 0 Å². The molecule has 0 radical (unpaired) electrons. The quantitative estimate of drug-likeness (QED) is 0.756. The first kappa shape index (κ1) is 18.7. The van der Waals surface area contributed by atoms with Crippen molar-refractivity contribution in [2.45, 2.75) is 17.1 Å². The maximum atomic E-state index is 13.1. The summed E-state index contributed by atoms with van der Waals surface area (Å²) in [6.07, 6.45) is -3.97. The van der Waals surface area contributed by atoms with E-state index in [1.165, 1.54) is 24.3 Å². The number of sulfonamides is 1. The fourth-order valence-corrected chi connectivity index (χ4v) is 4.19. The van der Waals surface area contributed by atoms with Crippen LogP contribution in [-0.2, 0) is 20.9 Å². The Labute approximate surface area is 147 Å². The van der Waals surface area contributed by atoms with Crippen LogP contribution in [0.5, 0.6) is 0 Å². The lowest BCUT2D eigenvalue weighted by Crippen LogP contribution is -2.43. The Morgan fingerprint density at radius 3 is 2.38 bits per heavy atom. The summed E-state index contributed by atoms with van der Waals surface area (Å²) in [7, 11) is -4.10. The number of halogens is 4. The molecule has 0 aliphatic carbocycles. The number of nitrogens with zero attached hydrogens (tertiary/aromatic N) is 2. The van der Waals surface area contributed by atoms with Crippen LogP contribution >= 0.6 is 0 Å². The smallest absolute Gasteiger partial charge is 0.378 e. The molecule has 3 rings (SSSR count). The molecule has 1 unspecified atom stereocenters. The predicted molar refractivity (Wildman–Crippen MR) is 83.1 cm³/mol. The van der Waals surface area contributed by atoms with Crippen LogP contribution in [0.15, 0.2) is 47.5 Å². The maximum absolute atomic E-state index is 13.1. The Hall–Kier alpha value is -2.04. The Bertz CT molecular complexity index is 868. The van der Waals surface area contributed by atoms with Gasteiger partial charge in [-0.2, -0.15) is 17.5 Å². The SMILES string of the molecule is O=S(=O)(c1ccc(C(F)(F)F)nc1)N1CCOCC1c1ccc(F)cc1. The molecule has 0 bridgehead atoms. The molecule has 2 aromatic rings. The van der Waals surface area contributed by atoms with Crippen LogP contribution in [0.2, 0.25) is 0 Å². The van der Waals surface area contributed by atoms with Crippen LogP contribution in [0.3, 0.4) is 0 Å². The zero-order valence-electron chi connectivity index (χ0n) is 13.3. The largest absolute Gasteiger partial charge is 0.433 e. The van der Waals surface area contributed by atoms with Gasteiger partial charge in [-0.25, -0.2) is 12.8 Å². The third-order valence-corrected chi connectivity index (χ3v) is 5.86. The van der Waals surface area contributed by atoms with E-state index < -0.39 is 33.8 Å². The number of hydrogen-bond acceptors (Lipinski definition) is 4. The second kappa shape index (κ2) is 6.93. The Morgan fingerprint density at radius 2 is 1.81 bits per heavy atom. The second-order valence-electron chi connectivity index (χ2n) is 5.63. The lowest BCUT2D eigenvalue weighted by atomic mass is 10.1. The van der Waals surface area contributed by atoms with Crippen LogP contribution in [0, 0.1) is 5.82 Å². The fraction of sp³-hybridized carbons (Fsp3) is 0.312. The standard InChI is InChI=1S/C16H14F4N2O3S/c17-12-3-1-11(2-4-12)14-10-25-8-7-22(14)26(23,24)13-5-6-15(21-9-13)16(18,19)20/h1-6,9,14H,7-8,10H2. The molecular formula is C16H14F4N2O3S. The minimum Gasteiger partial charge on any atom is -0.378 e. The normalized spacial score (nSPS) is 19.5. The first-order chi connectivity index (χ1) is 12.2. The van der Waals surface area contributed by atoms with Gasteiger partial charge in [0.2, 0.25) is 10.0 Å². The number of pyridine rings is 1. The lowest BCUT2D eigenvalue weighted by Gasteiger charge is -2.34. The van der Waals surface area contributed by atoms with E-state index in [4.69, 9.17) is 4.74 Å².